The summed E-state index contributed by atoms with van der Waals surface area (Å²) in [6.45, 7) is 3.85. The third-order valence-electron chi connectivity index (χ3n) is 6.10. The summed E-state index contributed by atoms with van der Waals surface area (Å²) in [5.41, 5.74) is 0.883. The summed E-state index contributed by atoms with van der Waals surface area (Å²) < 4.78 is 6.52. The van der Waals surface area contributed by atoms with E-state index in [4.69, 9.17) is 9.72 Å². The summed E-state index contributed by atoms with van der Waals surface area (Å²) in [5.74, 6) is 1.99. The summed E-state index contributed by atoms with van der Waals surface area (Å²) in [5, 5.41) is 16.3. The van der Waals surface area contributed by atoms with Crippen LogP contribution in [0.1, 0.15) is 25.7 Å². The molecule has 2 aromatic heterocycles. The lowest BCUT2D eigenvalue weighted by Crippen LogP contribution is -2.46. The number of morpholine rings is 1. The molecule has 1 saturated heterocycles. The second-order valence-corrected chi connectivity index (χ2v) is 9.12. The van der Waals surface area contributed by atoms with Crippen molar-refractivity contribution in [3.8, 4) is 0 Å². The number of nitrogens with zero attached hydrogens (tertiary/aromatic N) is 6. The second kappa shape index (κ2) is 9.05. The predicted octanol–water partition coefficient (Wildman–Crippen LogP) is 3.32. The molecule has 0 spiro atoms. The van der Waals surface area contributed by atoms with Crippen LogP contribution < -0.4 is 10.6 Å². The van der Waals surface area contributed by atoms with E-state index in [1.807, 2.05) is 12.1 Å². The summed E-state index contributed by atoms with van der Waals surface area (Å²) >= 11 is 3.58. The van der Waals surface area contributed by atoms with Gasteiger partial charge in [-0.05, 0) is 43.9 Å². The number of rotatable bonds is 5. The van der Waals surface area contributed by atoms with Crippen molar-refractivity contribution in [3.05, 3.63) is 28.9 Å². The predicted molar refractivity (Wildman–Crippen MR) is 124 cm³/mol. The molecule has 2 aliphatic rings. The number of anilines is 3. The Labute approximate surface area is 189 Å². The molecule has 0 radical (unpaired) electrons. The van der Waals surface area contributed by atoms with E-state index >= 15 is 0 Å². The van der Waals surface area contributed by atoms with Crippen molar-refractivity contribution in [2.75, 3.05) is 36.9 Å². The molecule has 0 unspecified atom stereocenters. The Morgan fingerprint density at radius 1 is 1.10 bits per heavy atom. The number of aryl methyl sites for hydroxylation is 1. The van der Waals surface area contributed by atoms with Crippen molar-refractivity contribution in [2.45, 2.75) is 37.8 Å². The largest absolute Gasteiger partial charge is 0.379 e. The van der Waals surface area contributed by atoms with Crippen molar-refractivity contribution in [3.63, 3.8) is 0 Å². The minimum absolute atomic E-state index is 0.402. The van der Waals surface area contributed by atoms with Gasteiger partial charge in [0.25, 0.3) is 0 Å². The molecule has 1 aliphatic carbocycles. The van der Waals surface area contributed by atoms with Gasteiger partial charge in [0.2, 0.25) is 5.95 Å². The van der Waals surface area contributed by atoms with Gasteiger partial charge in [0.1, 0.15) is 5.82 Å². The highest BCUT2D eigenvalue weighted by molar-refractivity contribution is 9.10. The normalized spacial score (nSPS) is 22.5. The average Bonchev–Trinajstić information content (AvgIpc) is 3.20. The standard InChI is InChI=1S/C21H27BrN8O/c1-29-23-13-19(28-29)26-21-25-18-7-2-14(22)12-17(18)20(27-21)24-15-3-5-16(6-4-15)30-8-10-31-11-9-30/h2,7,12-13,15-16H,3-6,8-11H2,1H3,(H2,24,25,26,27,28). The summed E-state index contributed by atoms with van der Waals surface area (Å²) in [6, 6.07) is 7.15. The highest BCUT2D eigenvalue weighted by Crippen LogP contribution is 2.30. The molecule has 1 saturated carbocycles. The molecular formula is C21H27BrN8O. The van der Waals surface area contributed by atoms with Crippen LogP contribution >= 0.6 is 15.9 Å². The van der Waals surface area contributed by atoms with E-state index in [2.05, 4.69) is 52.7 Å². The fourth-order valence-electron chi connectivity index (χ4n) is 4.51. The maximum absolute atomic E-state index is 5.51. The Hall–Kier alpha value is -2.30. The maximum Gasteiger partial charge on any atom is 0.231 e. The van der Waals surface area contributed by atoms with Gasteiger partial charge in [-0.1, -0.05) is 15.9 Å². The van der Waals surface area contributed by atoms with Gasteiger partial charge in [-0.3, -0.25) is 4.90 Å². The van der Waals surface area contributed by atoms with E-state index in [0.29, 0.717) is 23.8 Å². The van der Waals surface area contributed by atoms with Crippen molar-refractivity contribution < 1.29 is 4.74 Å². The van der Waals surface area contributed by atoms with Crippen molar-refractivity contribution in [1.82, 2.24) is 29.9 Å². The lowest BCUT2D eigenvalue weighted by molar-refractivity contribution is 0.00791. The van der Waals surface area contributed by atoms with E-state index in [-0.39, 0.29) is 0 Å². The Balaban J connectivity index is 1.33. The SMILES string of the molecule is Cn1ncc(Nc2nc(NC3CCC(N4CCOCC4)CC3)c3cc(Br)ccc3n2)n1. The molecule has 9 nitrogen and oxygen atoms in total. The van der Waals surface area contributed by atoms with Crippen LogP contribution in [0.2, 0.25) is 0 Å². The van der Waals surface area contributed by atoms with Gasteiger partial charge in [0.15, 0.2) is 5.82 Å². The monoisotopic (exact) mass is 486 g/mol. The molecule has 2 N–H and O–H groups in total. The Bertz CT molecular complexity index is 1040. The van der Waals surface area contributed by atoms with Crippen molar-refractivity contribution >= 4 is 44.4 Å². The smallest absolute Gasteiger partial charge is 0.231 e. The first-order valence-corrected chi connectivity index (χ1v) is 11.6. The minimum Gasteiger partial charge on any atom is -0.379 e. The number of hydrogen-bond acceptors (Lipinski definition) is 8. The average molecular weight is 487 g/mol. The van der Waals surface area contributed by atoms with Gasteiger partial charge in [0, 0.05) is 42.1 Å². The Morgan fingerprint density at radius 2 is 1.90 bits per heavy atom. The second-order valence-electron chi connectivity index (χ2n) is 8.20. The fourth-order valence-corrected chi connectivity index (χ4v) is 4.87. The highest BCUT2D eigenvalue weighted by atomic mass is 79.9. The quantitative estimate of drug-likeness (QED) is 0.567. The maximum atomic E-state index is 5.51. The molecule has 3 aromatic rings. The van der Waals surface area contributed by atoms with Crippen LogP contribution in [0.3, 0.4) is 0 Å². The molecule has 5 rings (SSSR count). The van der Waals surface area contributed by atoms with Crippen LogP contribution in [0.25, 0.3) is 10.9 Å². The lowest BCUT2D eigenvalue weighted by Gasteiger charge is -2.39. The number of aromatic nitrogens is 5. The van der Waals surface area contributed by atoms with Gasteiger partial charge >= 0.3 is 0 Å². The molecule has 2 fully saturated rings. The van der Waals surface area contributed by atoms with Gasteiger partial charge in [-0.25, -0.2) is 4.98 Å². The number of fused-ring (bicyclic) bond motifs is 1. The topological polar surface area (TPSA) is 93.0 Å². The Kier molecular flexibility index (Phi) is 6.02. The van der Waals surface area contributed by atoms with Gasteiger partial charge < -0.3 is 15.4 Å². The van der Waals surface area contributed by atoms with Crippen molar-refractivity contribution in [2.24, 2.45) is 7.05 Å². The molecule has 0 bridgehead atoms. The molecule has 10 heteroatoms. The first kappa shape index (κ1) is 20.6. The van der Waals surface area contributed by atoms with Crippen molar-refractivity contribution in [1.29, 1.82) is 0 Å². The first-order valence-electron chi connectivity index (χ1n) is 10.8. The zero-order valence-electron chi connectivity index (χ0n) is 17.6. The van der Waals surface area contributed by atoms with Crippen LogP contribution in [-0.2, 0) is 11.8 Å². The molecule has 0 amide bonds. The van der Waals surface area contributed by atoms with E-state index in [9.17, 15) is 0 Å². The zero-order chi connectivity index (χ0) is 21.2. The van der Waals surface area contributed by atoms with E-state index in [0.717, 1.165) is 60.3 Å². The number of ether oxygens (including phenoxy) is 1. The van der Waals surface area contributed by atoms with Gasteiger partial charge in [0.05, 0.1) is 24.9 Å². The molecular weight excluding hydrogens is 460 g/mol. The number of halogens is 1. The van der Waals surface area contributed by atoms with Crippen LogP contribution in [0.5, 0.6) is 0 Å². The van der Waals surface area contributed by atoms with E-state index in [1.165, 1.54) is 17.6 Å². The lowest BCUT2D eigenvalue weighted by atomic mass is 9.90. The van der Waals surface area contributed by atoms with Crippen LogP contribution in [0.15, 0.2) is 28.9 Å². The van der Waals surface area contributed by atoms with Crippen LogP contribution in [0.4, 0.5) is 17.6 Å². The summed E-state index contributed by atoms with van der Waals surface area (Å²) in [4.78, 5) is 13.6. The zero-order valence-corrected chi connectivity index (χ0v) is 19.2. The third-order valence-corrected chi connectivity index (χ3v) is 6.59. The first-order chi connectivity index (χ1) is 15.1. The van der Waals surface area contributed by atoms with Crippen LogP contribution in [-0.4, -0.2) is 68.2 Å². The number of nitrogens with one attached hydrogen (secondary N) is 2. The third kappa shape index (κ3) is 4.81. The number of benzene rings is 1. The molecule has 164 valence electrons. The summed E-state index contributed by atoms with van der Waals surface area (Å²) in [6.07, 6.45) is 6.34. The van der Waals surface area contributed by atoms with E-state index < -0.39 is 0 Å². The fraction of sp³-hybridized carbons (Fsp3) is 0.524. The molecule has 3 heterocycles. The van der Waals surface area contributed by atoms with Gasteiger partial charge in [-0.15, -0.1) is 5.10 Å². The summed E-state index contributed by atoms with van der Waals surface area (Å²) in [7, 11) is 1.78. The number of hydrogen-bond donors (Lipinski definition) is 2. The highest BCUT2D eigenvalue weighted by Gasteiger charge is 2.27. The minimum atomic E-state index is 0.402. The van der Waals surface area contributed by atoms with E-state index in [1.54, 1.807) is 13.2 Å². The van der Waals surface area contributed by atoms with Crippen LogP contribution in [0, 0.1) is 0 Å². The molecule has 0 atom stereocenters. The molecule has 1 aromatic carbocycles. The Morgan fingerprint density at radius 3 is 2.65 bits per heavy atom. The molecule has 31 heavy (non-hydrogen) atoms. The van der Waals surface area contributed by atoms with Gasteiger partial charge in [-0.2, -0.15) is 14.9 Å². The molecule has 1 aliphatic heterocycles.